The van der Waals surface area contributed by atoms with E-state index < -0.39 is 112 Å². The molecule has 16 heteroatoms. The smallest absolute Gasteiger partial charge is 0.187 e. The maximum absolute atomic E-state index is 10.6. The van der Waals surface area contributed by atoms with Crippen LogP contribution < -0.4 is 0 Å². The fourth-order valence-corrected chi connectivity index (χ4v) is 4.06. The first kappa shape index (κ1) is 27.9. The number of aliphatic hydroxyl groups excluding tert-OH is 11. The van der Waals surface area contributed by atoms with E-state index in [1.54, 1.807) is 0 Å². The number of hydrogen-bond acceptors (Lipinski definition) is 16. The lowest BCUT2D eigenvalue weighted by atomic mass is 9.96. The van der Waals surface area contributed by atoms with Gasteiger partial charge in [0.15, 0.2) is 18.9 Å². The molecule has 11 N–H and O–H groups in total. The molecule has 0 bridgehead atoms. The maximum atomic E-state index is 10.6. The number of rotatable bonds is 7. The fourth-order valence-electron chi connectivity index (χ4n) is 4.06. The van der Waals surface area contributed by atoms with Crippen LogP contribution in [0.15, 0.2) is 0 Å². The number of aliphatic hydroxyl groups is 11. The van der Waals surface area contributed by atoms with Crippen LogP contribution in [0.25, 0.3) is 0 Å². The quantitative estimate of drug-likeness (QED) is 0.154. The molecule has 0 aromatic carbocycles. The van der Waals surface area contributed by atoms with Crippen LogP contribution in [0.5, 0.6) is 0 Å². The summed E-state index contributed by atoms with van der Waals surface area (Å²) in [5.74, 6) is 0. The molecule has 3 rings (SSSR count). The maximum Gasteiger partial charge on any atom is 0.187 e. The summed E-state index contributed by atoms with van der Waals surface area (Å²) in [6.45, 7) is -2.32. The minimum atomic E-state index is -1.91. The summed E-state index contributed by atoms with van der Waals surface area (Å²) in [5, 5.41) is 109. The zero-order chi connectivity index (χ0) is 25.3. The molecule has 3 fully saturated rings. The van der Waals surface area contributed by atoms with Crippen LogP contribution in [-0.2, 0) is 23.7 Å². The van der Waals surface area contributed by atoms with E-state index in [1.807, 2.05) is 0 Å². The predicted molar refractivity (Wildman–Crippen MR) is 101 cm³/mol. The Labute approximate surface area is 192 Å². The summed E-state index contributed by atoms with van der Waals surface area (Å²) < 4.78 is 26.4. The van der Waals surface area contributed by atoms with Crippen LogP contribution in [0.3, 0.4) is 0 Å². The Bertz CT molecular complexity index is 635. The molecule has 3 aliphatic heterocycles. The first-order chi connectivity index (χ1) is 16.0. The highest BCUT2D eigenvalue weighted by molar-refractivity contribution is 4.96. The van der Waals surface area contributed by atoms with Crippen molar-refractivity contribution in [3.8, 4) is 0 Å². The first-order valence-corrected chi connectivity index (χ1v) is 10.6. The van der Waals surface area contributed by atoms with Crippen molar-refractivity contribution < 1.29 is 79.9 Å². The molecule has 0 saturated carbocycles. The van der Waals surface area contributed by atoms with Crippen LogP contribution in [-0.4, -0.2) is 168 Å². The summed E-state index contributed by atoms with van der Waals surface area (Å²) in [6.07, 6.45) is -25.1. The van der Waals surface area contributed by atoms with Crippen molar-refractivity contribution in [2.75, 3.05) is 19.8 Å². The van der Waals surface area contributed by atoms with Crippen LogP contribution >= 0.6 is 0 Å². The zero-order valence-electron chi connectivity index (χ0n) is 17.7. The molecule has 16 nitrogen and oxygen atoms in total. The summed E-state index contributed by atoms with van der Waals surface area (Å²) in [4.78, 5) is 0. The third kappa shape index (κ3) is 5.37. The Hall–Kier alpha value is -0.640. The minimum absolute atomic E-state index is 0.741. The van der Waals surface area contributed by atoms with Crippen molar-refractivity contribution in [3.63, 3.8) is 0 Å². The fraction of sp³-hybridized carbons (Fsp3) is 1.00. The van der Waals surface area contributed by atoms with E-state index >= 15 is 0 Å². The van der Waals surface area contributed by atoms with Gasteiger partial charge in [-0.1, -0.05) is 0 Å². The van der Waals surface area contributed by atoms with Gasteiger partial charge in [-0.3, -0.25) is 0 Å². The molecule has 0 amide bonds. The molecule has 200 valence electrons. The van der Waals surface area contributed by atoms with E-state index in [4.69, 9.17) is 23.7 Å². The van der Waals surface area contributed by atoms with E-state index in [0.29, 0.717) is 0 Å². The van der Waals surface area contributed by atoms with E-state index in [-0.39, 0.29) is 0 Å². The lowest BCUT2D eigenvalue weighted by Crippen LogP contribution is -2.66. The normalized spacial score (nSPS) is 52.5. The van der Waals surface area contributed by atoms with Gasteiger partial charge in [0.2, 0.25) is 0 Å². The Morgan fingerprint density at radius 1 is 0.441 bits per heavy atom. The van der Waals surface area contributed by atoms with E-state index in [0.717, 1.165) is 0 Å². The second-order valence-corrected chi connectivity index (χ2v) is 8.33. The van der Waals surface area contributed by atoms with Crippen LogP contribution in [0, 0.1) is 0 Å². The zero-order valence-corrected chi connectivity index (χ0v) is 17.7. The number of ether oxygens (including phenoxy) is 5. The average molecular weight is 504 g/mol. The van der Waals surface area contributed by atoms with Gasteiger partial charge in [-0.25, -0.2) is 0 Å². The van der Waals surface area contributed by atoms with E-state index in [2.05, 4.69) is 0 Å². The van der Waals surface area contributed by atoms with Gasteiger partial charge in [0.25, 0.3) is 0 Å². The van der Waals surface area contributed by atoms with Gasteiger partial charge in [0.05, 0.1) is 19.8 Å². The highest BCUT2D eigenvalue weighted by atomic mass is 16.8. The topological polar surface area (TPSA) is 269 Å². The van der Waals surface area contributed by atoms with Gasteiger partial charge in [0.1, 0.15) is 73.2 Å². The van der Waals surface area contributed by atoms with Crippen LogP contribution in [0.1, 0.15) is 0 Å². The third-order valence-corrected chi connectivity index (χ3v) is 6.09. The summed E-state index contributed by atoms with van der Waals surface area (Å²) in [7, 11) is 0. The van der Waals surface area contributed by atoms with Gasteiger partial charge < -0.3 is 79.9 Å². The lowest BCUT2D eigenvalue weighted by Gasteiger charge is -2.47. The molecule has 3 aliphatic rings. The molecule has 0 radical (unpaired) electrons. The summed E-state index contributed by atoms with van der Waals surface area (Å²) in [6, 6.07) is 0. The van der Waals surface area contributed by atoms with Crippen molar-refractivity contribution in [1.29, 1.82) is 0 Å². The summed E-state index contributed by atoms with van der Waals surface area (Å²) in [5.41, 5.74) is 0. The SMILES string of the molecule is OC[C@H]1OC(O[C@@H]2[C@H](O)[C@@H](O)[C@@H](O[C@@H]3[C@H](O)[C@@H](O)[C@H](O)O[C@@H]3CO)O[C@@H]2CO)[C@H](O)[C@@H](O)[C@H]1O. The highest BCUT2D eigenvalue weighted by Gasteiger charge is 2.53. The summed E-state index contributed by atoms with van der Waals surface area (Å²) >= 11 is 0. The molecule has 15 atom stereocenters. The van der Waals surface area contributed by atoms with Crippen molar-refractivity contribution in [2.24, 2.45) is 0 Å². The second kappa shape index (κ2) is 11.6. The van der Waals surface area contributed by atoms with Gasteiger partial charge in [-0.2, -0.15) is 0 Å². The molecule has 1 unspecified atom stereocenters. The van der Waals surface area contributed by atoms with Crippen LogP contribution in [0.4, 0.5) is 0 Å². The van der Waals surface area contributed by atoms with Gasteiger partial charge in [0, 0.05) is 0 Å². The Kier molecular flexibility index (Phi) is 9.54. The first-order valence-electron chi connectivity index (χ1n) is 10.6. The highest BCUT2D eigenvalue weighted by Crippen LogP contribution is 2.32. The standard InChI is InChI=1S/C18H32O16/c19-1-4-7(22)8(23)12(27)17(31-4)34-15-6(3-21)32-18(13(28)10(15)25)33-14-5(2-20)30-16(29)11(26)9(14)24/h4-29H,1-3H2/t4-,5-,6-,7+,8+,9-,10-,11-,12-,13-,14+,15+,16-,17?,18-/m1/s1. The van der Waals surface area contributed by atoms with Gasteiger partial charge in [-0.15, -0.1) is 0 Å². The molecule has 0 aromatic rings. The molecular formula is C18H32O16. The third-order valence-electron chi connectivity index (χ3n) is 6.09. The lowest BCUT2D eigenvalue weighted by molar-refractivity contribution is -0.377. The molecular weight excluding hydrogens is 472 g/mol. The van der Waals surface area contributed by atoms with Crippen molar-refractivity contribution in [2.45, 2.75) is 92.1 Å². The minimum Gasteiger partial charge on any atom is -0.394 e. The largest absolute Gasteiger partial charge is 0.394 e. The van der Waals surface area contributed by atoms with Crippen molar-refractivity contribution >= 4 is 0 Å². The predicted octanol–water partition coefficient (Wildman–Crippen LogP) is -7.57. The van der Waals surface area contributed by atoms with Crippen LogP contribution in [0.2, 0.25) is 0 Å². The van der Waals surface area contributed by atoms with Crippen molar-refractivity contribution in [1.82, 2.24) is 0 Å². The Morgan fingerprint density at radius 3 is 1.35 bits per heavy atom. The second-order valence-electron chi connectivity index (χ2n) is 8.33. The molecule has 34 heavy (non-hydrogen) atoms. The van der Waals surface area contributed by atoms with Gasteiger partial charge >= 0.3 is 0 Å². The van der Waals surface area contributed by atoms with Gasteiger partial charge in [-0.05, 0) is 0 Å². The number of hydrogen-bond donors (Lipinski definition) is 11. The Morgan fingerprint density at radius 2 is 0.853 bits per heavy atom. The van der Waals surface area contributed by atoms with E-state index in [1.165, 1.54) is 0 Å². The average Bonchev–Trinajstić information content (AvgIpc) is 2.83. The molecule has 0 aromatic heterocycles. The van der Waals surface area contributed by atoms with E-state index in [9.17, 15) is 56.2 Å². The molecule has 0 aliphatic carbocycles. The monoisotopic (exact) mass is 504 g/mol. The Balaban J connectivity index is 1.72. The molecule has 3 saturated heterocycles. The van der Waals surface area contributed by atoms with Crippen molar-refractivity contribution in [3.05, 3.63) is 0 Å². The molecule has 3 heterocycles. The molecule has 0 spiro atoms.